The fraction of sp³-hybridized carbons (Fsp3) is 0. The van der Waals surface area contributed by atoms with E-state index in [0.29, 0.717) is 0 Å². The summed E-state index contributed by atoms with van der Waals surface area (Å²) in [6, 6.07) is 47.9. The minimum Gasteiger partial charge on any atom is -0.455 e. The molecule has 0 radical (unpaired) electrons. The Morgan fingerprint density at radius 2 is 0.907 bits per heavy atom. The fourth-order valence-corrected chi connectivity index (χ4v) is 6.06. The molecule has 0 aliphatic rings. The summed E-state index contributed by atoms with van der Waals surface area (Å²) in [7, 11) is 0. The summed E-state index contributed by atoms with van der Waals surface area (Å²) in [5, 5.41) is 5.41. The van der Waals surface area contributed by atoms with Crippen LogP contribution >= 0.6 is 0 Å². The summed E-state index contributed by atoms with van der Waals surface area (Å²) in [5.74, 6) is 0. The first-order valence-electron chi connectivity index (χ1n) is 14.4. The van der Waals surface area contributed by atoms with Gasteiger partial charge in [-0.1, -0.05) is 97.1 Å². The van der Waals surface area contributed by atoms with Crippen LogP contribution in [-0.2, 0) is 0 Å². The number of hydrogen-bond acceptors (Lipinski definition) is 4. The number of hydrogen-bond donors (Lipinski definition) is 0. The van der Waals surface area contributed by atoms with Crippen LogP contribution < -0.4 is 0 Å². The van der Waals surface area contributed by atoms with Crippen molar-refractivity contribution in [1.29, 1.82) is 0 Å². The molecule has 0 atom stereocenters. The van der Waals surface area contributed by atoms with Gasteiger partial charge in [-0.25, -0.2) is 15.0 Å². The van der Waals surface area contributed by atoms with Crippen molar-refractivity contribution in [3.63, 3.8) is 0 Å². The van der Waals surface area contributed by atoms with Gasteiger partial charge >= 0.3 is 0 Å². The number of aromatic nitrogens is 3. The molecule has 0 aliphatic carbocycles. The Hall–Kier alpha value is -5.87. The summed E-state index contributed by atoms with van der Waals surface area (Å²) in [6.07, 6.45) is 0. The van der Waals surface area contributed by atoms with Crippen molar-refractivity contribution < 1.29 is 4.42 Å². The molecule has 0 amide bonds. The molecule has 0 spiro atoms. The third-order valence-corrected chi connectivity index (χ3v) is 8.28. The summed E-state index contributed by atoms with van der Waals surface area (Å²) in [6.45, 7) is 0. The van der Waals surface area contributed by atoms with Crippen LogP contribution in [0.25, 0.3) is 88.4 Å². The van der Waals surface area contributed by atoms with Gasteiger partial charge in [0.25, 0.3) is 0 Å². The molecule has 9 rings (SSSR count). The van der Waals surface area contributed by atoms with E-state index in [1.54, 1.807) is 0 Å². The lowest BCUT2D eigenvalue weighted by atomic mass is 10.0. The molecule has 4 heterocycles. The molecule has 43 heavy (non-hydrogen) atoms. The number of para-hydroxylation sites is 1. The minimum absolute atomic E-state index is 0.883. The van der Waals surface area contributed by atoms with Crippen LogP contribution in [0.5, 0.6) is 0 Å². The van der Waals surface area contributed by atoms with Crippen LogP contribution in [0.4, 0.5) is 0 Å². The average molecular weight is 550 g/mol. The van der Waals surface area contributed by atoms with Gasteiger partial charge in [-0.15, -0.1) is 0 Å². The Balaban J connectivity index is 1.09. The molecule has 0 fully saturated rings. The Bertz CT molecular complexity index is 2500. The predicted molar refractivity (Wildman–Crippen MR) is 176 cm³/mol. The first-order valence-corrected chi connectivity index (χ1v) is 14.4. The largest absolute Gasteiger partial charge is 0.455 e. The van der Waals surface area contributed by atoms with E-state index >= 15 is 0 Å². The van der Waals surface area contributed by atoms with E-state index in [9.17, 15) is 0 Å². The van der Waals surface area contributed by atoms with E-state index in [4.69, 9.17) is 19.4 Å². The molecule has 4 aromatic heterocycles. The molecule has 9 aromatic rings. The van der Waals surface area contributed by atoms with E-state index in [0.717, 1.165) is 88.4 Å². The summed E-state index contributed by atoms with van der Waals surface area (Å²) in [4.78, 5) is 15.1. The molecule has 4 nitrogen and oxygen atoms in total. The molecule has 5 aromatic carbocycles. The normalized spacial score (nSPS) is 11.7. The third kappa shape index (κ3) is 3.88. The number of pyridine rings is 3. The molecule has 200 valence electrons. The van der Waals surface area contributed by atoms with Crippen LogP contribution in [0.1, 0.15) is 0 Å². The van der Waals surface area contributed by atoms with Gasteiger partial charge < -0.3 is 4.42 Å². The Labute approximate surface area is 246 Å². The Morgan fingerprint density at radius 1 is 0.372 bits per heavy atom. The smallest absolute Gasteiger partial charge is 0.144 e. The SMILES string of the molecule is c1ccc(-c2ccc3ccc4ccc(-c5ccc(-c6ccc7c(ccc8c9ccccc9oc78)n6)cc5)nc4c3n2)cc1. The van der Waals surface area contributed by atoms with Crippen LogP contribution in [0.2, 0.25) is 0 Å². The summed E-state index contributed by atoms with van der Waals surface area (Å²) < 4.78 is 6.21. The average Bonchev–Trinajstić information content (AvgIpc) is 3.47. The van der Waals surface area contributed by atoms with Crippen LogP contribution in [-0.4, -0.2) is 15.0 Å². The van der Waals surface area contributed by atoms with Gasteiger partial charge in [-0.05, 0) is 42.5 Å². The van der Waals surface area contributed by atoms with Gasteiger partial charge in [0.15, 0.2) is 0 Å². The lowest BCUT2D eigenvalue weighted by Crippen LogP contribution is -1.91. The van der Waals surface area contributed by atoms with Crippen molar-refractivity contribution >= 4 is 54.6 Å². The predicted octanol–water partition coefficient (Wildman–Crippen LogP) is 10.2. The molecule has 4 heteroatoms. The molecule has 0 unspecified atom stereocenters. The van der Waals surface area contributed by atoms with Gasteiger partial charge in [0.1, 0.15) is 11.2 Å². The van der Waals surface area contributed by atoms with E-state index < -0.39 is 0 Å². The molecule has 0 saturated carbocycles. The number of furan rings is 1. The monoisotopic (exact) mass is 549 g/mol. The molecular weight excluding hydrogens is 526 g/mol. The molecule has 0 bridgehead atoms. The number of nitrogens with zero attached hydrogens (tertiary/aromatic N) is 3. The first-order chi connectivity index (χ1) is 21.3. The van der Waals surface area contributed by atoms with E-state index in [-0.39, 0.29) is 0 Å². The lowest BCUT2D eigenvalue weighted by Gasteiger charge is -2.09. The van der Waals surface area contributed by atoms with Crippen molar-refractivity contribution in [3.8, 4) is 33.8 Å². The highest BCUT2D eigenvalue weighted by Gasteiger charge is 2.12. The maximum Gasteiger partial charge on any atom is 0.144 e. The standard InChI is InChI=1S/C39H23N3O/c1-2-6-24(7-3-1)33-20-16-27-14-15-28-17-21-34(42-38(28)37(27)41-33)26-12-10-25(11-13-26)32-22-19-31-35(40-32)23-18-30-29-8-4-5-9-36(29)43-39(30)31/h1-23H. The molecule has 0 saturated heterocycles. The zero-order chi connectivity index (χ0) is 28.3. The van der Waals surface area contributed by atoms with Gasteiger partial charge in [-0.3, -0.25) is 0 Å². The zero-order valence-electron chi connectivity index (χ0n) is 23.0. The minimum atomic E-state index is 0.883. The van der Waals surface area contributed by atoms with Crippen molar-refractivity contribution in [2.75, 3.05) is 0 Å². The van der Waals surface area contributed by atoms with E-state index in [1.807, 2.05) is 36.4 Å². The van der Waals surface area contributed by atoms with Gasteiger partial charge in [0, 0.05) is 43.6 Å². The van der Waals surface area contributed by atoms with Crippen LogP contribution in [0, 0.1) is 0 Å². The lowest BCUT2D eigenvalue weighted by molar-refractivity contribution is 0.672. The van der Waals surface area contributed by atoms with E-state index in [2.05, 4.69) is 103 Å². The maximum atomic E-state index is 6.21. The van der Waals surface area contributed by atoms with Crippen LogP contribution in [0.15, 0.2) is 144 Å². The van der Waals surface area contributed by atoms with Crippen molar-refractivity contribution in [2.24, 2.45) is 0 Å². The number of benzene rings is 5. The first kappa shape index (κ1) is 23.8. The number of rotatable bonds is 3. The van der Waals surface area contributed by atoms with Crippen molar-refractivity contribution in [3.05, 3.63) is 140 Å². The topological polar surface area (TPSA) is 51.8 Å². The molecule has 0 N–H and O–H groups in total. The third-order valence-electron chi connectivity index (χ3n) is 8.28. The van der Waals surface area contributed by atoms with Crippen molar-refractivity contribution in [1.82, 2.24) is 15.0 Å². The summed E-state index contributed by atoms with van der Waals surface area (Å²) in [5.41, 5.74) is 10.5. The highest BCUT2D eigenvalue weighted by Crippen LogP contribution is 2.35. The van der Waals surface area contributed by atoms with Gasteiger partial charge in [0.2, 0.25) is 0 Å². The fourth-order valence-electron chi connectivity index (χ4n) is 6.06. The summed E-state index contributed by atoms with van der Waals surface area (Å²) >= 11 is 0. The molecule has 0 aliphatic heterocycles. The van der Waals surface area contributed by atoms with Crippen molar-refractivity contribution in [2.45, 2.75) is 0 Å². The Kier molecular flexibility index (Phi) is 5.16. The quantitative estimate of drug-likeness (QED) is 0.206. The highest BCUT2D eigenvalue weighted by molar-refractivity contribution is 6.14. The zero-order valence-corrected chi connectivity index (χ0v) is 23.0. The second-order valence-corrected chi connectivity index (χ2v) is 10.8. The maximum absolute atomic E-state index is 6.21. The van der Waals surface area contributed by atoms with E-state index in [1.165, 1.54) is 0 Å². The molecular formula is C39H23N3O. The van der Waals surface area contributed by atoms with Crippen LogP contribution in [0.3, 0.4) is 0 Å². The van der Waals surface area contributed by atoms with Gasteiger partial charge in [-0.2, -0.15) is 0 Å². The second-order valence-electron chi connectivity index (χ2n) is 10.8. The van der Waals surface area contributed by atoms with Gasteiger partial charge in [0.05, 0.1) is 33.6 Å². The number of fused-ring (bicyclic) bond motifs is 8. The Morgan fingerprint density at radius 3 is 1.60 bits per heavy atom. The second kappa shape index (κ2) is 9.33. The highest BCUT2D eigenvalue weighted by atomic mass is 16.3.